The van der Waals surface area contributed by atoms with E-state index in [1.807, 2.05) is 0 Å². The van der Waals surface area contributed by atoms with Crippen LogP contribution in [0.3, 0.4) is 0 Å². The molecule has 7 heteroatoms. The summed E-state index contributed by atoms with van der Waals surface area (Å²) in [7, 11) is -3.69. The molecule has 0 saturated carbocycles. The van der Waals surface area contributed by atoms with Gasteiger partial charge in [-0.2, -0.15) is 0 Å². The lowest BCUT2D eigenvalue weighted by Gasteiger charge is -2.10. The fourth-order valence-corrected chi connectivity index (χ4v) is 3.37. The van der Waals surface area contributed by atoms with Crippen molar-refractivity contribution in [3.8, 4) is 0 Å². The van der Waals surface area contributed by atoms with Crippen LogP contribution in [0.2, 0.25) is 5.02 Å². The molecule has 0 heterocycles. The van der Waals surface area contributed by atoms with Gasteiger partial charge in [0.15, 0.2) is 0 Å². The molecule has 4 nitrogen and oxygen atoms in total. The van der Waals surface area contributed by atoms with Crippen LogP contribution in [0.25, 0.3) is 0 Å². The summed E-state index contributed by atoms with van der Waals surface area (Å²) in [5.74, 6) is 0. The Hall–Kier alpha value is -1.47. The fourth-order valence-electron chi connectivity index (χ4n) is 1.76. The third kappa shape index (κ3) is 4.01. The quantitative estimate of drug-likeness (QED) is 0.820. The third-order valence-electron chi connectivity index (χ3n) is 2.82. The minimum absolute atomic E-state index is 0.0440. The van der Waals surface area contributed by atoms with Gasteiger partial charge in [0.25, 0.3) is 0 Å². The summed E-state index contributed by atoms with van der Waals surface area (Å²) in [6.45, 7) is 0.158. The highest BCUT2D eigenvalue weighted by Crippen LogP contribution is 2.16. The van der Waals surface area contributed by atoms with Crippen molar-refractivity contribution in [2.75, 3.05) is 0 Å². The van der Waals surface area contributed by atoms with Gasteiger partial charge < -0.3 is 5.73 Å². The highest BCUT2D eigenvalue weighted by atomic mass is 35.5. The number of halogens is 1. The van der Waals surface area contributed by atoms with E-state index in [4.69, 9.17) is 29.6 Å². The maximum atomic E-state index is 12.3. The first-order valence-corrected chi connectivity index (χ1v) is 8.30. The molecule has 3 N–H and O–H groups in total. The average Bonchev–Trinajstić information content (AvgIpc) is 2.47. The Bertz CT molecular complexity index is 759. The Morgan fingerprint density at radius 2 is 1.76 bits per heavy atom. The Morgan fingerprint density at radius 3 is 2.38 bits per heavy atom. The van der Waals surface area contributed by atoms with Crippen LogP contribution in [-0.2, 0) is 16.6 Å². The van der Waals surface area contributed by atoms with E-state index in [0.29, 0.717) is 10.6 Å². The molecule has 0 spiro atoms. The van der Waals surface area contributed by atoms with Gasteiger partial charge in [0, 0.05) is 17.1 Å². The van der Waals surface area contributed by atoms with Gasteiger partial charge in [-0.05, 0) is 23.8 Å². The highest BCUT2D eigenvalue weighted by Gasteiger charge is 2.18. The molecular formula is C14H13ClN2O2S2. The normalized spacial score (nSPS) is 11.3. The molecule has 0 unspecified atom stereocenters. The molecule has 0 aliphatic rings. The lowest BCUT2D eigenvalue weighted by molar-refractivity contribution is 0.581. The van der Waals surface area contributed by atoms with Crippen LogP contribution in [0.1, 0.15) is 11.1 Å². The van der Waals surface area contributed by atoms with E-state index in [0.717, 1.165) is 5.56 Å². The van der Waals surface area contributed by atoms with Crippen molar-refractivity contribution in [1.82, 2.24) is 4.72 Å². The number of benzene rings is 2. The molecule has 0 atom stereocenters. The predicted octanol–water partition coefficient (Wildman–Crippen LogP) is 2.45. The first-order chi connectivity index (χ1) is 9.90. The Kier molecular flexibility index (Phi) is 4.95. The van der Waals surface area contributed by atoms with Gasteiger partial charge in [-0.25, -0.2) is 13.1 Å². The van der Waals surface area contributed by atoms with Crippen molar-refractivity contribution in [2.45, 2.75) is 11.4 Å². The fraction of sp³-hybridized carbons (Fsp3) is 0.0714. The second kappa shape index (κ2) is 6.53. The Morgan fingerprint density at radius 1 is 1.14 bits per heavy atom. The van der Waals surface area contributed by atoms with Crippen molar-refractivity contribution in [2.24, 2.45) is 5.73 Å². The first kappa shape index (κ1) is 15.9. The molecule has 110 valence electrons. The molecule has 2 aromatic carbocycles. The summed E-state index contributed by atoms with van der Waals surface area (Å²) in [5.41, 5.74) is 6.69. The smallest absolute Gasteiger partial charge is 0.241 e. The Balaban J connectivity index is 2.23. The van der Waals surface area contributed by atoms with Gasteiger partial charge in [0.2, 0.25) is 10.0 Å². The van der Waals surface area contributed by atoms with E-state index >= 15 is 0 Å². The van der Waals surface area contributed by atoms with E-state index in [1.54, 1.807) is 42.5 Å². The molecule has 0 aromatic heterocycles. The molecule has 0 amide bonds. The summed E-state index contributed by atoms with van der Waals surface area (Å²) >= 11 is 10.7. The van der Waals surface area contributed by atoms with Crippen LogP contribution in [-0.4, -0.2) is 13.4 Å². The molecule has 2 aromatic rings. The maximum absolute atomic E-state index is 12.3. The molecule has 0 aliphatic carbocycles. The van der Waals surface area contributed by atoms with Crippen molar-refractivity contribution >= 4 is 38.8 Å². The van der Waals surface area contributed by atoms with E-state index in [9.17, 15) is 8.42 Å². The van der Waals surface area contributed by atoms with E-state index < -0.39 is 10.0 Å². The van der Waals surface area contributed by atoms with Crippen LogP contribution in [0.5, 0.6) is 0 Å². The van der Waals surface area contributed by atoms with Crippen molar-refractivity contribution in [1.29, 1.82) is 0 Å². The monoisotopic (exact) mass is 340 g/mol. The van der Waals surface area contributed by atoms with E-state index in [-0.39, 0.29) is 16.4 Å². The summed E-state index contributed by atoms with van der Waals surface area (Å²) in [4.78, 5) is 0.119. The molecular weight excluding hydrogens is 328 g/mol. The lowest BCUT2D eigenvalue weighted by Crippen LogP contribution is -2.26. The van der Waals surface area contributed by atoms with Crippen LogP contribution < -0.4 is 10.5 Å². The number of hydrogen-bond acceptors (Lipinski definition) is 3. The highest BCUT2D eigenvalue weighted by molar-refractivity contribution is 7.89. The van der Waals surface area contributed by atoms with Crippen LogP contribution in [0, 0.1) is 0 Å². The zero-order valence-electron chi connectivity index (χ0n) is 10.9. The molecule has 0 bridgehead atoms. The number of hydrogen-bond donors (Lipinski definition) is 2. The van der Waals surface area contributed by atoms with Crippen molar-refractivity contribution < 1.29 is 8.42 Å². The SMILES string of the molecule is NC(=S)c1ccccc1S(=O)(=O)NCc1ccc(Cl)cc1. The zero-order chi connectivity index (χ0) is 15.5. The minimum atomic E-state index is -3.69. The van der Waals surface area contributed by atoms with Crippen LogP contribution in [0.15, 0.2) is 53.4 Å². The predicted molar refractivity (Wildman–Crippen MR) is 87.8 cm³/mol. The summed E-state index contributed by atoms with van der Waals surface area (Å²) in [6.07, 6.45) is 0. The first-order valence-electron chi connectivity index (χ1n) is 6.03. The van der Waals surface area contributed by atoms with Gasteiger partial charge in [0.1, 0.15) is 4.99 Å². The number of sulfonamides is 1. The van der Waals surface area contributed by atoms with E-state index in [2.05, 4.69) is 4.72 Å². The van der Waals surface area contributed by atoms with Gasteiger partial charge in [0.05, 0.1) is 4.90 Å². The number of thiocarbonyl (C=S) groups is 1. The molecule has 0 fully saturated rings. The minimum Gasteiger partial charge on any atom is -0.389 e. The molecule has 0 radical (unpaired) electrons. The second-order valence-electron chi connectivity index (χ2n) is 4.31. The second-order valence-corrected chi connectivity index (χ2v) is 6.92. The topological polar surface area (TPSA) is 72.2 Å². The van der Waals surface area contributed by atoms with Gasteiger partial charge >= 0.3 is 0 Å². The summed E-state index contributed by atoms with van der Waals surface area (Å²) in [6, 6.07) is 13.3. The van der Waals surface area contributed by atoms with Gasteiger partial charge in [-0.1, -0.05) is 54.2 Å². The number of rotatable bonds is 5. The Labute approximate surface area is 134 Å². The largest absolute Gasteiger partial charge is 0.389 e. The summed E-state index contributed by atoms with van der Waals surface area (Å²) < 4.78 is 27.2. The van der Waals surface area contributed by atoms with Crippen molar-refractivity contribution in [3.05, 3.63) is 64.7 Å². The van der Waals surface area contributed by atoms with Gasteiger partial charge in [-0.15, -0.1) is 0 Å². The zero-order valence-corrected chi connectivity index (χ0v) is 13.3. The van der Waals surface area contributed by atoms with E-state index in [1.165, 1.54) is 6.07 Å². The maximum Gasteiger partial charge on any atom is 0.241 e. The molecule has 0 saturated heterocycles. The van der Waals surface area contributed by atoms with Crippen molar-refractivity contribution in [3.63, 3.8) is 0 Å². The lowest BCUT2D eigenvalue weighted by atomic mass is 10.2. The molecule has 21 heavy (non-hydrogen) atoms. The standard InChI is InChI=1S/C14H13ClN2O2S2/c15-11-7-5-10(6-8-11)9-17-21(18,19)13-4-2-1-3-12(13)14(16)20/h1-8,17H,9H2,(H2,16,20). The molecule has 2 rings (SSSR count). The summed E-state index contributed by atoms with van der Waals surface area (Å²) in [5, 5.41) is 0.598. The van der Waals surface area contributed by atoms with Crippen LogP contribution in [0.4, 0.5) is 0 Å². The number of nitrogens with one attached hydrogen (secondary N) is 1. The van der Waals surface area contributed by atoms with Gasteiger partial charge in [-0.3, -0.25) is 0 Å². The number of nitrogens with two attached hydrogens (primary N) is 1. The van der Waals surface area contributed by atoms with Crippen LogP contribution >= 0.6 is 23.8 Å². The molecule has 0 aliphatic heterocycles. The third-order valence-corrected chi connectivity index (χ3v) is 4.75. The average molecular weight is 341 g/mol.